The average molecular weight is 621 g/mol. The molecule has 0 bridgehead atoms. The summed E-state index contributed by atoms with van der Waals surface area (Å²) in [5.41, 5.74) is -1.31. The molecule has 1 heterocycles. The molecule has 1 aliphatic heterocycles. The first-order chi connectivity index (χ1) is 20.2. The van der Waals surface area contributed by atoms with E-state index < -0.39 is 40.9 Å². The Balaban J connectivity index is 1.45. The van der Waals surface area contributed by atoms with Crippen molar-refractivity contribution < 1.29 is 32.3 Å². The van der Waals surface area contributed by atoms with Crippen LogP contribution in [0.4, 0.5) is 23.7 Å². The predicted molar refractivity (Wildman–Crippen MR) is 160 cm³/mol. The topological polar surface area (TPSA) is 99.8 Å². The van der Waals surface area contributed by atoms with Gasteiger partial charge >= 0.3 is 12.3 Å². The van der Waals surface area contributed by atoms with Crippen molar-refractivity contribution in [1.82, 2.24) is 15.5 Å². The summed E-state index contributed by atoms with van der Waals surface area (Å²) in [6.45, 7) is 6.01. The van der Waals surface area contributed by atoms with E-state index in [4.69, 9.17) is 4.74 Å². The van der Waals surface area contributed by atoms with Crippen LogP contribution in [0.25, 0.3) is 0 Å². The van der Waals surface area contributed by atoms with E-state index in [1.165, 1.54) is 4.90 Å². The minimum atomic E-state index is -4.71. The van der Waals surface area contributed by atoms with Gasteiger partial charge in [0.2, 0.25) is 5.91 Å². The summed E-state index contributed by atoms with van der Waals surface area (Å²) in [6.07, 6.45) is 0.506. The Kier molecular flexibility index (Phi) is 10.3. The number of nitrogens with one attached hydrogen (secondary N) is 3. The fourth-order valence-electron chi connectivity index (χ4n) is 5.55. The Morgan fingerprint density at radius 2 is 1.72 bits per heavy atom. The van der Waals surface area contributed by atoms with Crippen LogP contribution in [-0.2, 0) is 22.3 Å². The van der Waals surface area contributed by atoms with Crippen molar-refractivity contribution in [2.75, 3.05) is 18.1 Å². The normalized spacial score (nSPS) is 21.0. The van der Waals surface area contributed by atoms with Gasteiger partial charge in [-0.1, -0.05) is 25.0 Å². The van der Waals surface area contributed by atoms with E-state index in [-0.39, 0.29) is 23.7 Å². The zero-order valence-electron chi connectivity index (χ0n) is 24.8. The quantitative estimate of drug-likeness (QED) is 0.304. The Morgan fingerprint density at radius 3 is 2.37 bits per heavy atom. The van der Waals surface area contributed by atoms with Crippen LogP contribution in [0.3, 0.4) is 0 Å². The maximum atomic E-state index is 13.5. The zero-order valence-corrected chi connectivity index (χ0v) is 25.7. The number of benzene rings is 2. The second-order valence-electron chi connectivity index (χ2n) is 11.9. The summed E-state index contributed by atoms with van der Waals surface area (Å²) in [5.74, 6) is -1.14. The van der Waals surface area contributed by atoms with Crippen LogP contribution >= 0.6 is 11.8 Å². The summed E-state index contributed by atoms with van der Waals surface area (Å²) < 4.78 is 45.7. The van der Waals surface area contributed by atoms with E-state index in [9.17, 15) is 27.6 Å². The van der Waals surface area contributed by atoms with Crippen LogP contribution < -0.4 is 16.0 Å². The lowest BCUT2D eigenvalue weighted by Crippen LogP contribution is -2.54. The van der Waals surface area contributed by atoms with Gasteiger partial charge in [0.25, 0.3) is 5.91 Å². The average Bonchev–Trinajstić information content (AvgIpc) is 3.30. The standard InChI is InChI=1S/C31H39F3N4O4S/c1-30(2,3)42-29(41)37-23-14-11-20(31(32,33)34)17-22(23)27(39)36-25-15-16-38(28(25)40)26-8-6-5-7-24(26)35-18-19-9-12-21(43-4)13-10-19/h9-14,17,24-26,35H,5-8,15-16,18H2,1-4H3,(H,36,39)(H,37,41)/t24-,25+,26+/m1/s1. The predicted octanol–water partition coefficient (Wildman–Crippen LogP) is 6.21. The number of carbonyl (C=O) groups excluding carboxylic acids is 3. The molecular weight excluding hydrogens is 581 g/mol. The summed E-state index contributed by atoms with van der Waals surface area (Å²) in [6, 6.07) is 9.94. The first-order valence-corrected chi connectivity index (χ1v) is 15.7. The van der Waals surface area contributed by atoms with E-state index in [1.807, 2.05) is 6.26 Å². The molecule has 0 spiro atoms. The van der Waals surface area contributed by atoms with Gasteiger partial charge in [-0.2, -0.15) is 13.2 Å². The lowest BCUT2D eigenvalue weighted by Gasteiger charge is -2.38. The molecule has 3 atom stereocenters. The van der Waals surface area contributed by atoms with Crippen LogP contribution in [-0.4, -0.2) is 59.3 Å². The Bertz CT molecular complexity index is 1310. The van der Waals surface area contributed by atoms with E-state index in [2.05, 4.69) is 40.2 Å². The van der Waals surface area contributed by atoms with Crippen molar-refractivity contribution in [3.8, 4) is 0 Å². The number of rotatable bonds is 8. The molecule has 234 valence electrons. The molecular formula is C31H39F3N4O4S. The molecule has 12 heteroatoms. The molecule has 1 aliphatic carbocycles. The Labute approximate surface area is 254 Å². The highest BCUT2D eigenvalue weighted by Gasteiger charge is 2.41. The molecule has 0 aromatic heterocycles. The first kappa shape index (κ1) is 32.7. The molecule has 0 radical (unpaired) electrons. The Hall–Kier alpha value is -3.25. The number of alkyl halides is 3. The fourth-order valence-corrected chi connectivity index (χ4v) is 5.96. The molecule has 8 nitrogen and oxygen atoms in total. The molecule has 1 saturated carbocycles. The SMILES string of the molecule is CSc1ccc(CN[C@@H]2CCCC[C@@H]2N2CC[C@H](NC(=O)c3cc(C(F)(F)F)ccc3NC(=O)OC(C)(C)C)C2=O)cc1. The second-order valence-corrected chi connectivity index (χ2v) is 12.8. The van der Waals surface area contributed by atoms with Crippen molar-refractivity contribution in [1.29, 1.82) is 0 Å². The molecule has 2 fully saturated rings. The van der Waals surface area contributed by atoms with E-state index in [0.29, 0.717) is 25.6 Å². The number of hydrogen-bond donors (Lipinski definition) is 3. The number of nitrogens with zero attached hydrogens (tertiary/aromatic N) is 1. The maximum Gasteiger partial charge on any atom is 0.416 e. The van der Waals surface area contributed by atoms with Crippen molar-refractivity contribution in [3.63, 3.8) is 0 Å². The third-order valence-corrected chi connectivity index (χ3v) is 8.37. The van der Waals surface area contributed by atoms with Gasteiger partial charge in [-0.25, -0.2) is 4.79 Å². The van der Waals surface area contributed by atoms with Gasteiger partial charge in [-0.3, -0.25) is 14.9 Å². The summed E-state index contributed by atoms with van der Waals surface area (Å²) in [7, 11) is 0. The number of hydrogen-bond acceptors (Lipinski definition) is 6. The second kappa shape index (κ2) is 13.6. The highest BCUT2D eigenvalue weighted by atomic mass is 32.2. The first-order valence-electron chi connectivity index (χ1n) is 14.4. The van der Waals surface area contributed by atoms with Crippen LogP contribution in [0, 0.1) is 0 Å². The van der Waals surface area contributed by atoms with Crippen LogP contribution in [0.1, 0.15) is 74.4 Å². The largest absolute Gasteiger partial charge is 0.444 e. The van der Waals surface area contributed by atoms with Crippen molar-refractivity contribution in [2.24, 2.45) is 0 Å². The van der Waals surface area contributed by atoms with Crippen LogP contribution in [0.15, 0.2) is 47.4 Å². The molecule has 43 heavy (non-hydrogen) atoms. The third kappa shape index (κ3) is 8.66. The molecule has 3 amide bonds. The highest BCUT2D eigenvalue weighted by molar-refractivity contribution is 7.98. The van der Waals surface area contributed by atoms with Gasteiger partial charge in [0.1, 0.15) is 11.6 Å². The van der Waals surface area contributed by atoms with Crippen LogP contribution in [0.2, 0.25) is 0 Å². The maximum absolute atomic E-state index is 13.5. The Morgan fingerprint density at radius 1 is 1.02 bits per heavy atom. The van der Waals surface area contributed by atoms with Crippen molar-refractivity contribution >= 4 is 35.4 Å². The van der Waals surface area contributed by atoms with Crippen LogP contribution in [0.5, 0.6) is 0 Å². The molecule has 3 N–H and O–H groups in total. The van der Waals surface area contributed by atoms with E-state index >= 15 is 0 Å². The van der Waals surface area contributed by atoms with Gasteiger partial charge in [0.05, 0.1) is 16.8 Å². The number of likely N-dealkylation sites (tertiary alicyclic amines) is 1. The number of ether oxygens (including phenoxy) is 1. The van der Waals surface area contributed by atoms with Gasteiger partial charge in [0.15, 0.2) is 0 Å². The molecule has 2 aromatic rings. The summed E-state index contributed by atoms with van der Waals surface area (Å²) >= 11 is 1.68. The fraction of sp³-hybridized carbons (Fsp3) is 0.516. The van der Waals surface area contributed by atoms with Gasteiger partial charge in [-0.15, -0.1) is 11.8 Å². The summed E-state index contributed by atoms with van der Waals surface area (Å²) in [4.78, 5) is 42.2. The molecule has 2 aromatic carbocycles. The number of amides is 3. The molecule has 1 saturated heterocycles. The van der Waals surface area contributed by atoms with Gasteiger partial charge in [-0.05, 0) is 82.2 Å². The monoisotopic (exact) mass is 620 g/mol. The molecule has 2 aliphatic rings. The number of carbonyl (C=O) groups is 3. The lowest BCUT2D eigenvalue weighted by atomic mass is 9.89. The van der Waals surface area contributed by atoms with E-state index in [1.54, 1.807) is 37.4 Å². The van der Waals surface area contributed by atoms with Gasteiger partial charge in [0, 0.05) is 30.1 Å². The zero-order chi connectivity index (χ0) is 31.4. The summed E-state index contributed by atoms with van der Waals surface area (Å²) in [5, 5.41) is 8.61. The molecule has 4 rings (SSSR count). The highest BCUT2D eigenvalue weighted by Crippen LogP contribution is 2.33. The minimum Gasteiger partial charge on any atom is -0.444 e. The van der Waals surface area contributed by atoms with Gasteiger partial charge < -0.3 is 20.3 Å². The van der Waals surface area contributed by atoms with Crippen molar-refractivity contribution in [3.05, 3.63) is 59.2 Å². The van der Waals surface area contributed by atoms with Crippen molar-refractivity contribution in [2.45, 2.75) is 94.2 Å². The molecule has 0 unspecified atom stereocenters. The number of thioether (sulfide) groups is 1. The number of anilines is 1. The minimum absolute atomic E-state index is 0.0495. The number of halogens is 3. The smallest absolute Gasteiger partial charge is 0.416 e. The lowest BCUT2D eigenvalue weighted by molar-refractivity contribution is -0.137. The third-order valence-electron chi connectivity index (χ3n) is 7.63. The van der Waals surface area contributed by atoms with E-state index in [0.717, 1.165) is 43.4 Å².